The molecule has 0 bridgehead atoms. The van der Waals surface area contributed by atoms with Gasteiger partial charge in [0.25, 0.3) is 0 Å². The van der Waals surface area contributed by atoms with Gasteiger partial charge in [-0.2, -0.15) is 0 Å². The lowest BCUT2D eigenvalue weighted by Crippen LogP contribution is -2.45. The standard InChI is InChI=1S/C25H52N/c1-11-14-20(6)17-24-25(9,10)26(24,22(8)12-2)18-21(7)15-16-23(13-3)19(4)5/h19-24H,11-18H2,1-10H3/q+1. The summed E-state index contributed by atoms with van der Waals surface area (Å²) in [5.41, 5.74) is 0.480. The van der Waals surface area contributed by atoms with E-state index < -0.39 is 0 Å². The van der Waals surface area contributed by atoms with Crippen LogP contribution in [0.15, 0.2) is 0 Å². The van der Waals surface area contributed by atoms with E-state index in [4.69, 9.17) is 0 Å². The Kier molecular flexibility index (Phi) is 9.18. The molecule has 0 spiro atoms. The molecule has 1 nitrogen and oxygen atoms in total. The van der Waals surface area contributed by atoms with Gasteiger partial charge in [-0.05, 0) is 57.8 Å². The molecular weight excluding hydrogens is 314 g/mol. The molecule has 0 aliphatic carbocycles. The first-order valence-corrected chi connectivity index (χ1v) is 12.0. The SMILES string of the molecule is CCCC(C)CC1C(C)(C)[N+]1(CC(C)CCC(CC)C(C)C)C(C)CC. The Morgan fingerprint density at radius 1 is 0.808 bits per heavy atom. The molecule has 0 saturated carbocycles. The van der Waals surface area contributed by atoms with Gasteiger partial charge in [0.15, 0.2) is 0 Å². The van der Waals surface area contributed by atoms with E-state index in [2.05, 4.69) is 69.2 Å². The van der Waals surface area contributed by atoms with Crippen molar-refractivity contribution in [3.05, 3.63) is 0 Å². The van der Waals surface area contributed by atoms with Crippen molar-refractivity contribution >= 4 is 0 Å². The van der Waals surface area contributed by atoms with E-state index in [1.807, 2.05) is 0 Å². The predicted octanol–water partition coefficient (Wildman–Crippen LogP) is 7.69. The van der Waals surface area contributed by atoms with Crippen LogP contribution in [-0.4, -0.2) is 28.7 Å². The van der Waals surface area contributed by atoms with Crippen LogP contribution < -0.4 is 0 Å². The van der Waals surface area contributed by atoms with Crippen molar-refractivity contribution < 1.29 is 4.48 Å². The summed E-state index contributed by atoms with van der Waals surface area (Å²) in [6.45, 7) is 26.0. The quantitative estimate of drug-likeness (QED) is 0.231. The van der Waals surface area contributed by atoms with Crippen molar-refractivity contribution in [2.75, 3.05) is 6.54 Å². The molecule has 1 aliphatic rings. The number of rotatable bonds is 13. The fourth-order valence-corrected chi connectivity index (χ4v) is 6.21. The highest BCUT2D eigenvalue weighted by Gasteiger charge is 2.74. The maximum Gasteiger partial charge on any atom is 0.146 e. The van der Waals surface area contributed by atoms with Crippen molar-refractivity contribution in [2.45, 2.75) is 132 Å². The van der Waals surface area contributed by atoms with Crippen LogP contribution >= 0.6 is 0 Å². The Bertz CT molecular complexity index is 399. The molecule has 6 atom stereocenters. The van der Waals surface area contributed by atoms with Crippen molar-refractivity contribution in [2.24, 2.45) is 23.7 Å². The predicted molar refractivity (Wildman–Crippen MR) is 118 cm³/mol. The molecule has 1 heterocycles. The van der Waals surface area contributed by atoms with Gasteiger partial charge in [-0.25, -0.2) is 0 Å². The van der Waals surface area contributed by atoms with Gasteiger partial charge in [-0.1, -0.05) is 67.7 Å². The first kappa shape index (κ1) is 24.0. The van der Waals surface area contributed by atoms with Gasteiger partial charge in [0.1, 0.15) is 11.6 Å². The van der Waals surface area contributed by atoms with Crippen LogP contribution in [0.25, 0.3) is 0 Å². The van der Waals surface area contributed by atoms with Gasteiger partial charge in [0.05, 0.1) is 12.6 Å². The molecule has 0 N–H and O–H groups in total. The van der Waals surface area contributed by atoms with Gasteiger partial charge < -0.3 is 4.48 Å². The minimum absolute atomic E-state index is 0.480. The molecule has 26 heavy (non-hydrogen) atoms. The average molecular weight is 367 g/mol. The van der Waals surface area contributed by atoms with E-state index in [0.717, 1.165) is 35.8 Å². The van der Waals surface area contributed by atoms with E-state index in [1.165, 1.54) is 56.0 Å². The molecular formula is C25H52N+. The van der Waals surface area contributed by atoms with Crippen LogP contribution in [-0.2, 0) is 0 Å². The van der Waals surface area contributed by atoms with Crippen molar-refractivity contribution in [1.29, 1.82) is 0 Å². The summed E-state index contributed by atoms with van der Waals surface area (Å²) in [6.07, 6.45) is 9.67. The lowest BCUT2D eigenvalue weighted by molar-refractivity contribution is -0.867. The Balaban J connectivity index is 2.80. The van der Waals surface area contributed by atoms with Crippen molar-refractivity contribution in [3.63, 3.8) is 0 Å². The molecule has 1 fully saturated rings. The van der Waals surface area contributed by atoms with Crippen LogP contribution in [0.3, 0.4) is 0 Å². The minimum Gasteiger partial charge on any atom is -0.304 e. The first-order valence-electron chi connectivity index (χ1n) is 12.0. The Labute approximate surface area is 166 Å². The fraction of sp³-hybridized carbons (Fsp3) is 1.00. The monoisotopic (exact) mass is 366 g/mol. The maximum atomic E-state index is 2.57. The van der Waals surface area contributed by atoms with Crippen LogP contribution in [0.5, 0.6) is 0 Å². The van der Waals surface area contributed by atoms with E-state index in [0.29, 0.717) is 5.54 Å². The average Bonchev–Trinajstić information content (AvgIpc) is 3.02. The summed E-state index contributed by atoms with van der Waals surface area (Å²) >= 11 is 0. The molecule has 0 amide bonds. The zero-order chi connectivity index (χ0) is 20.1. The summed E-state index contributed by atoms with van der Waals surface area (Å²) in [7, 11) is 0. The highest BCUT2D eigenvalue weighted by atomic mass is 15.6. The van der Waals surface area contributed by atoms with Crippen LogP contribution in [0.1, 0.15) is 114 Å². The Morgan fingerprint density at radius 2 is 1.42 bits per heavy atom. The summed E-state index contributed by atoms with van der Waals surface area (Å²) < 4.78 is 1.40. The smallest absolute Gasteiger partial charge is 0.146 e. The van der Waals surface area contributed by atoms with Crippen LogP contribution in [0, 0.1) is 23.7 Å². The largest absolute Gasteiger partial charge is 0.304 e. The molecule has 156 valence electrons. The fourth-order valence-electron chi connectivity index (χ4n) is 6.21. The third kappa shape index (κ3) is 5.06. The zero-order valence-corrected chi connectivity index (χ0v) is 20.1. The molecule has 0 aromatic heterocycles. The van der Waals surface area contributed by atoms with Crippen molar-refractivity contribution in [1.82, 2.24) is 0 Å². The second-order valence-corrected chi connectivity index (χ2v) is 10.8. The zero-order valence-electron chi connectivity index (χ0n) is 20.1. The van der Waals surface area contributed by atoms with Crippen LogP contribution in [0.4, 0.5) is 0 Å². The van der Waals surface area contributed by atoms with Crippen LogP contribution in [0.2, 0.25) is 0 Å². The van der Waals surface area contributed by atoms with Gasteiger partial charge >= 0.3 is 0 Å². The van der Waals surface area contributed by atoms with E-state index >= 15 is 0 Å². The molecule has 0 radical (unpaired) electrons. The molecule has 1 heteroatoms. The number of hydrogen-bond donors (Lipinski definition) is 0. The topological polar surface area (TPSA) is 0 Å². The lowest BCUT2D eigenvalue weighted by Gasteiger charge is -2.34. The maximum absolute atomic E-state index is 2.57. The summed E-state index contributed by atoms with van der Waals surface area (Å²) in [5.74, 6) is 3.49. The second kappa shape index (κ2) is 9.94. The molecule has 0 aromatic rings. The summed E-state index contributed by atoms with van der Waals surface area (Å²) in [5, 5.41) is 0. The molecule has 0 aromatic carbocycles. The van der Waals surface area contributed by atoms with E-state index in [9.17, 15) is 0 Å². The van der Waals surface area contributed by atoms with Gasteiger partial charge in [0, 0.05) is 12.3 Å². The molecule has 1 saturated heterocycles. The van der Waals surface area contributed by atoms with Gasteiger partial charge in [-0.3, -0.25) is 0 Å². The number of hydrogen-bond acceptors (Lipinski definition) is 0. The highest BCUT2D eigenvalue weighted by Crippen LogP contribution is 2.56. The number of nitrogens with zero attached hydrogens (tertiary/aromatic N) is 1. The third-order valence-electron chi connectivity index (χ3n) is 8.27. The molecule has 1 rings (SSSR count). The van der Waals surface area contributed by atoms with Gasteiger partial charge in [0.2, 0.25) is 0 Å². The number of quaternary nitrogens is 1. The van der Waals surface area contributed by atoms with Gasteiger partial charge in [-0.15, -0.1) is 0 Å². The normalized spacial score (nSPS) is 29.4. The minimum atomic E-state index is 0.480. The first-order chi connectivity index (χ1) is 12.1. The van der Waals surface area contributed by atoms with E-state index in [1.54, 1.807) is 0 Å². The van der Waals surface area contributed by atoms with Crippen molar-refractivity contribution in [3.8, 4) is 0 Å². The third-order valence-corrected chi connectivity index (χ3v) is 8.27. The van der Waals surface area contributed by atoms with E-state index in [-0.39, 0.29) is 0 Å². The molecule has 1 aliphatic heterocycles. The Morgan fingerprint density at radius 3 is 1.88 bits per heavy atom. The lowest BCUT2D eigenvalue weighted by atomic mass is 9.86. The summed E-state index contributed by atoms with van der Waals surface area (Å²) in [4.78, 5) is 0. The highest BCUT2D eigenvalue weighted by molar-refractivity contribution is 5.00. The second-order valence-electron chi connectivity index (χ2n) is 10.8. The Hall–Kier alpha value is -0.0400. The summed E-state index contributed by atoms with van der Waals surface area (Å²) in [6, 6.07) is 1.69. The molecule has 6 unspecified atom stereocenters.